The number of hydrogen-bond donors (Lipinski definition) is 1. The normalized spacial score (nSPS) is 22.0. The number of ether oxygens (including phenoxy) is 1. The van der Waals surface area contributed by atoms with Crippen LogP contribution in [0.3, 0.4) is 0 Å². The van der Waals surface area contributed by atoms with E-state index in [0.717, 1.165) is 31.2 Å². The van der Waals surface area contributed by atoms with Crippen LogP contribution in [0.2, 0.25) is 0 Å². The number of nitrogens with one attached hydrogen (secondary N) is 1. The standard InChI is InChI=1S/C18H28FNO/c1-5-21-18(11-9-17(2,3)10-12-18)16(20-4)14-7-6-8-15(19)13-14/h6-8,13,16,20H,5,9-12H2,1-4H3. The number of likely N-dealkylation sites (N-methyl/N-ethyl adjacent to an activating group) is 1. The topological polar surface area (TPSA) is 21.3 Å². The van der Waals surface area contributed by atoms with Crippen molar-refractivity contribution in [3.05, 3.63) is 35.6 Å². The van der Waals surface area contributed by atoms with Gasteiger partial charge in [0.2, 0.25) is 0 Å². The van der Waals surface area contributed by atoms with Crippen molar-refractivity contribution in [2.45, 2.75) is 58.1 Å². The fourth-order valence-electron chi connectivity index (χ4n) is 3.57. The molecule has 118 valence electrons. The Balaban J connectivity index is 2.31. The smallest absolute Gasteiger partial charge is 0.123 e. The zero-order chi connectivity index (χ0) is 15.5. The Morgan fingerprint density at radius 1 is 1.24 bits per heavy atom. The third-order valence-corrected chi connectivity index (χ3v) is 4.88. The summed E-state index contributed by atoms with van der Waals surface area (Å²) >= 11 is 0. The first-order valence-corrected chi connectivity index (χ1v) is 7.99. The molecule has 0 heterocycles. The Morgan fingerprint density at radius 2 is 1.90 bits per heavy atom. The summed E-state index contributed by atoms with van der Waals surface area (Å²) < 4.78 is 19.8. The first kappa shape index (κ1) is 16.4. The lowest BCUT2D eigenvalue weighted by molar-refractivity contribution is -0.106. The summed E-state index contributed by atoms with van der Waals surface area (Å²) in [7, 11) is 1.94. The molecule has 0 spiro atoms. The van der Waals surface area contributed by atoms with Gasteiger partial charge in [0.15, 0.2) is 0 Å². The average Bonchev–Trinajstić information content (AvgIpc) is 2.43. The van der Waals surface area contributed by atoms with Crippen LogP contribution in [0.4, 0.5) is 4.39 Å². The Labute approximate surface area is 128 Å². The van der Waals surface area contributed by atoms with E-state index < -0.39 is 0 Å². The number of hydrogen-bond acceptors (Lipinski definition) is 2. The van der Waals surface area contributed by atoms with Crippen LogP contribution in [-0.2, 0) is 4.74 Å². The van der Waals surface area contributed by atoms with E-state index in [9.17, 15) is 4.39 Å². The summed E-state index contributed by atoms with van der Waals surface area (Å²) in [6.45, 7) is 7.37. The molecule has 1 N–H and O–H groups in total. The van der Waals surface area contributed by atoms with Crippen LogP contribution in [0.25, 0.3) is 0 Å². The van der Waals surface area contributed by atoms with E-state index in [4.69, 9.17) is 4.74 Å². The molecule has 0 aliphatic heterocycles. The van der Waals surface area contributed by atoms with Gasteiger partial charge in [-0.2, -0.15) is 0 Å². The van der Waals surface area contributed by atoms with E-state index in [0.29, 0.717) is 12.0 Å². The molecule has 1 aliphatic carbocycles. The Bertz CT molecular complexity index is 462. The highest BCUT2D eigenvalue weighted by atomic mass is 19.1. The van der Waals surface area contributed by atoms with Gasteiger partial charge in [0.05, 0.1) is 11.6 Å². The van der Waals surface area contributed by atoms with E-state index in [-0.39, 0.29) is 17.5 Å². The van der Waals surface area contributed by atoms with Crippen LogP contribution in [-0.4, -0.2) is 19.3 Å². The minimum Gasteiger partial charge on any atom is -0.373 e. The molecule has 21 heavy (non-hydrogen) atoms. The van der Waals surface area contributed by atoms with Crippen molar-refractivity contribution in [2.75, 3.05) is 13.7 Å². The van der Waals surface area contributed by atoms with Gasteiger partial charge in [-0.1, -0.05) is 26.0 Å². The fraction of sp³-hybridized carbons (Fsp3) is 0.667. The first-order chi connectivity index (χ1) is 9.92. The molecule has 1 aliphatic rings. The van der Waals surface area contributed by atoms with Gasteiger partial charge in [-0.25, -0.2) is 4.39 Å². The second-order valence-electron chi connectivity index (χ2n) is 6.94. The van der Waals surface area contributed by atoms with Crippen LogP contribution in [0.5, 0.6) is 0 Å². The molecule has 2 nitrogen and oxygen atoms in total. The Hall–Kier alpha value is -0.930. The summed E-state index contributed by atoms with van der Waals surface area (Å²) in [6.07, 6.45) is 4.30. The van der Waals surface area contributed by atoms with Gasteiger partial charge in [0.1, 0.15) is 5.82 Å². The zero-order valence-electron chi connectivity index (χ0n) is 13.7. The van der Waals surface area contributed by atoms with Gasteiger partial charge in [-0.15, -0.1) is 0 Å². The van der Waals surface area contributed by atoms with Crippen molar-refractivity contribution in [1.29, 1.82) is 0 Å². The highest BCUT2D eigenvalue weighted by Crippen LogP contribution is 2.47. The molecule has 1 fully saturated rings. The molecule has 1 aromatic carbocycles. The van der Waals surface area contributed by atoms with Crippen LogP contribution >= 0.6 is 0 Å². The van der Waals surface area contributed by atoms with Crippen LogP contribution < -0.4 is 5.32 Å². The van der Waals surface area contributed by atoms with Gasteiger partial charge < -0.3 is 10.1 Å². The lowest BCUT2D eigenvalue weighted by atomic mass is 9.67. The first-order valence-electron chi connectivity index (χ1n) is 7.99. The molecule has 0 amide bonds. The molecule has 2 rings (SSSR count). The largest absolute Gasteiger partial charge is 0.373 e. The third-order valence-electron chi connectivity index (χ3n) is 4.88. The highest BCUT2D eigenvalue weighted by molar-refractivity contribution is 5.24. The molecular weight excluding hydrogens is 265 g/mol. The second kappa shape index (κ2) is 6.45. The van der Waals surface area contributed by atoms with Gasteiger partial charge in [0, 0.05) is 6.61 Å². The predicted molar refractivity (Wildman–Crippen MR) is 84.8 cm³/mol. The van der Waals surface area contributed by atoms with E-state index >= 15 is 0 Å². The maximum atomic E-state index is 13.6. The maximum absolute atomic E-state index is 13.6. The Kier molecular flexibility index (Phi) is 5.05. The SMILES string of the molecule is CCOC1(C(NC)c2cccc(F)c2)CCC(C)(C)CC1. The van der Waals surface area contributed by atoms with E-state index in [1.807, 2.05) is 20.0 Å². The predicted octanol–water partition coefficient (Wildman–Crippen LogP) is 4.46. The van der Waals surface area contributed by atoms with Crippen LogP contribution in [0, 0.1) is 11.2 Å². The molecule has 0 saturated heterocycles. The molecule has 1 atom stereocenters. The monoisotopic (exact) mass is 293 g/mol. The summed E-state index contributed by atoms with van der Waals surface area (Å²) in [5, 5.41) is 3.38. The van der Waals surface area contributed by atoms with Crippen molar-refractivity contribution in [3.63, 3.8) is 0 Å². The van der Waals surface area contributed by atoms with Crippen LogP contribution in [0.15, 0.2) is 24.3 Å². The Morgan fingerprint density at radius 3 is 2.43 bits per heavy atom. The zero-order valence-corrected chi connectivity index (χ0v) is 13.7. The fourth-order valence-corrected chi connectivity index (χ4v) is 3.57. The van der Waals surface area contributed by atoms with Crippen molar-refractivity contribution in [1.82, 2.24) is 5.32 Å². The lowest BCUT2D eigenvalue weighted by Gasteiger charge is -2.47. The van der Waals surface area contributed by atoms with E-state index in [1.54, 1.807) is 12.1 Å². The van der Waals surface area contributed by atoms with Gasteiger partial charge >= 0.3 is 0 Å². The third kappa shape index (κ3) is 3.64. The minimum absolute atomic E-state index is 0.0317. The van der Waals surface area contributed by atoms with Gasteiger partial charge in [0.25, 0.3) is 0 Å². The molecule has 1 saturated carbocycles. The van der Waals surface area contributed by atoms with Gasteiger partial charge in [-0.05, 0) is 62.8 Å². The van der Waals surface area contributed by atoms with Crippen molar-refractivity contribution >= 4 is 0 Å². The van der Waals surface area contributed by atoms with E-state index in [1.165, 1.54) is 6.07 Å². The second-order valence-corrected chi connectivity index (χ2v) is 6.94. The quantitative estimate of drug-likeness (QED) is 0.865. The van der Waals surface area contributed by atoms with Crippen LogP contribution in [0.1, 0.15) is 58.1 Å². The molecular formula is C18H28FNO. The van der Waals surface area contributed by atoms with Crippen molar-refractivity contribution in [3.8, 4) is 0 Å². The van der Waals surface area contributed by atoms with Crippen molar-refractivity contribution < 1.29 is 9.13 Å². The molecule has 3 heteroatoms. The lowest BCUT2D eigenvalue weighted by Crippen LogP contribution is -2.49. The van der Waals surface area contributed by atoms with Gasteiger partial charge in [-0.3, -0.25) is 0 Å². The van der Waals surface area contributed by atoms with E-state index in [2.05, 4.69) is 19.2 Å². The maximum Gasteiger partial charge on any atom is 0.123 e. The summed E-state index contributed by atoms with van der Waals surface area (Å²) in [4.78, 5) is 0. The molecule has 0 aromatic heterocycles. The van der Waals surface area contributed by atoms with Crippen molar-refractivity contribution in [2.24, 2.45) is 5.41 Å². The number of benzene rings is 1. The number of rotatable bonds is 5. The average molecular weight is 293 g/mol. The number of halogens is 1. The molecule has 1 aromatic rings. The summed E-state index contributed by atoms with van der Waals surface area (Å²) in [5.41, 5.74) is 1.12. The minimum atomic E-state index is -0.229. The summed E-state index contributed by atoms with van der Waals surface area (Å²) in [5.74, 6) is -0.185. The molecule has 0 radical (unpaired) electrons. The molecule has 1 unspecified atom stereocenters. The molecule has 0 bridgehead atoms. The summed E-state index contributed by atoms with van der Waals surface area (Å²) in [6, 6.07) is 6.92. The highest BCUT2D eigenvalue weighted by Gasteiger charge is 2.44.